The fourth-order valence-electron chi connectivity index (χ4n) is 1.54. The monoisotopic (exact) mass is 208 g/mol. The first-order chi connectivity index (χ1) is 7.16. The molecule has 1 N–H and O–H groups in total. The minimum Gasteiger partial charge on any atom is -0.388 e. The summed E-state index contributed by atoms with van der Waals surface area (Å²) in [6, 6.07) is 5.11. The maximum atomic E-state index is 13.6. The highest BCUT2D eigenvalue weighted by molar-refractivity contribution is 5.26. The Bertz CT molecular complexity index is 333. The van der Waals surface area contributed by atoms with Crippen molar-refractivity contribution < 1.29 is 9.50 Å². The Morgan fingerprint density at radius 3 is 2.93 bits per heavy atom. The summed E-state index contributed by atoms with van der Waals surface area (Å²) in [5.74, 6) is -0.288. The molecule has 1 aromatic rings. The molecular weight excluding hydrogens is 191 g/mol. The van der Waals surface area contributed by atoms with Crippen LogP contribution in [0.3, 0.4) is 0 Å². The smallest absolute Gasteiger partial charge is 0.131 e. The second-order valence-electron chi connectivity index (χ2n) is 3.71. The molecule has 0 aromatic heterocycles. The van der Waals surface area contributed by atoms with Crippen LogP contribution >= 0.6 is 0 Å². The Balaban J connectivity index is 2.68. The van der Waals surface area contributed by atoms with Gasteiger partial charge in [0.2, 0.25) is 0 Å². The van der Waals surface area contributed by atoms with E-state index in [0.717, 1.165) is 12.8 Å². The molecule has 0 bridgehead atoms. The lowest BCUT2D eigenvalue weighted by Gasteiger charge is -2.12. The van der Waals surface area contributed by atoms with Crippen LogP contribution in [0.1, 0.15) is 36.5 Å². The quantitative estimate of drug-likeness (QED) is 0.579. The van der Waals surface area contributed by atoms with Crippen LogP contribution in [0.5, 0.6) is 0 Å². The van der Waals surface area contributed by atoms with Gasteiger partial charge in [0, 0.05) is 5.56 Å². The Morgan fingerprint density at radius 2 is 2.27 bits per heavy atom. The summed E-state index contributed by atoms with van der Waals surface area (Å²) in [6.07, 6.45) is 3.36. The first-order valence-corrected chi connectivity index (χ1v) is 5.20. The zero-order valence-corrected chi connectivity index (χ0v) is 9.04. The molecule has 0 heterocycles. The number of hydrogen-bond acceptors (Lipinski definition) is 1. The van der Waals surface area contributed by atoms with Crippen molar-refractivity contribution in [1.82, 2.24) is 0 Å². The van der Waals surface area contributed by atoms with E-state index in [1.54, 1.807) is 31.2 Å². The lowest BCUT2D eigenvalue weighted by molar-refractivity contribution is 0.160. The van der Waals surface area contributed by atoms with Gasteiger partial charge in [0.15, 0.2) is 0 Å². The van der Waals surface area contributed by atoms with Gasteiger partial charge >= 0.3 is 0 Å². The second-order valence-corrected chi connectivity index (χ2v) is 3.71. The SMILES string of the molecule is C=CCCCC(O)c1cccc(C)c1F. The summed E-state index contributed by atoms with van der Waals surface area (Å²) >= 11 is 0. The normalized spacial score (nSPS) is 12.5. The topological polar surface area (TPSA) is 20.2 Å². The van der Waals surface area contributed by atoms with E-state index in [4.69, 9.17) is 0 Å². The maximum Gasteiger partial charge on any atom is 0.131 e. The number of aliphatic hydroxyl groups is 1. The molecule has 1 rings (SSSR count). The molecule has 0 aliphatic rings. The molecular formula is C13H17FO. The van der Waals surface area contributed by atoms with Crippen LogP contribution in [0, 0.1) is 12.7 Å². The van der Waals surface area contributed by atoms with Gasteiger partial charge in [-0.1, -0.05) is 24.3 Å². The Kier molecular flexibility index (Phi) is 4.50. The number of benzene rings is 1. The van der Waals surface area contributed by atoms with Crippen molar-refractivity contribution in [2.45, 2.75) is 32.3 Å². The van der Waals surface area contributed by atoms with Crippen molar-refractivity contribution in [3.8, 4) is 0 Å². The molecule has 1 atom stereocenters. The molecule has 1 unspecified atom stereocenters. The molecule has 0 radical (unpaired) electrons. The summed E-state index contributed by atoms with van der Waals surface area (Å²) in [7, 11) is 0. The molecule has 0 spiro atoms. The van der Waals surface area contributed by atoms with Gasteiger partial charge in [-0.05, 0) is 31.7 Å². The lowest BCUT2D eigenvalue weighted by atomic mass is 10.0. The van der Waals surface area contributed by atoms with E-state index in [2.05, 4.69) is 6.58 Å². The zero-order chi connectivity index (χ0) is 11.3. The fourth-order valence-corrected chi connectivity index (χ4v) is 1.54. The lowest BCUT2D eigenvalue weighted by Crippen LogP contribution is -2.01. The van der Waals surface area contributed by atoms with Crippen LogP contribution in [0.25, 0.3) is 0 Å². The van der Waals surface area contributed by atoms with Gasteiger partial charge in [-0.3, -0.25) is 0 Å². The molecule has 2 heteroatoms. The Labute approximate surface area is 90.3 Å². The first kappa shape index (κ1) is 11.9. The van der Waals surface area contributed by atoms with Gasteiger partial charge in [0.05, 0.1) is 6.10 Å². The Morgan fingerprint density at radius 1 is 1.53 bits per heavy atom. The van der Waals surface area contributed by atoms with Crippen LogP contribution in [0.4, 0.5) is 4.39 Å². The first-order valence-electron chi connectivity index (χ1n) is 5.20. The molecule has 0 saturated carbocycles. The van der Waals surface area contributed by atoms with Gasteiger partial charge < -0.3 is 5.11 Å². The predicted molar refractivity (Wildman–Crippen MR) is 60.1 cm³/mol. The number of halogens is 1. The van der Waals surface area contributed by atoms with E-state index in [0.29, 0.717) is 17.5 Å². The number of aryl methyl sites for hydroxylation is 1. The molecule has 15 heavy (non-hydrogen) atoms. The summed E-state index contributed by atoms with van der Waals surface area (Å²) in [4.78, 5) is 0. The fraction of sp³-hybridized carbons (Fsp3) is 0.385. The van der Waals surface area contributed by atoms with Gasteiger partial charge in [0.1, 0.15) is 5.82 Å². The number of allylic oxidation sites excluding steroid dienone is 1. The highest BCUT2D eigenvalue weighted by Gasteiger charge is 2.13. The van der Waals surface area contributed by atoms with Crippen LogP contribution in [-0.2, 0) is 0 Å². The number of hydrogen-bond donors (Lipinski definition) is 1. The number of rotatable bonds is 5. The van der Waals surface area contributed by atoms with E-state index in [1.165, 1.54) is 0 Å². The van der Waals surface area contributed by atoms with Gasteiger partial charge in [-0.15, -0.1) is 6.58 Å². The average Bonchev–Trinajstić information content (AvgIpc) is 2.22. The molecule has 1 aromatic carbocycles. The molecule has 0 saturated heterocycles. The molecule has 1 nitrogen and oxygen atoms in total. The minimum absolute atomic E-state index is 0.288. The van der Waals surface area contributed by atoms with Crippen molar-refractivity contribution in [2.75, 3.05) is 0 Å². The number of aliphatic hydroxyl groups excluding tert-OH is 1. The third-order valence-electron chi connectivity index (χ3n) is 2.47. The molecule has 0 aliphatic carbocycles. The summed E-state index contributed by atoms with van der Waals surface area (Å²) in [5, 5.41) is 9.78. The third-order valence-corrected chi connectivity index (χ3v) is 2.47. The van der Waals surface area contributed by atoms with E-state index < -0.39 is 6.10 Å². The second kappa shape index (κ2) is 5.66. The maximum absolute atomic E-state index is 13.6. The van der Waals surface area contributed by atoms with Crippen molar-refractivity contribution in [3.05, 3.63) is 47.8 Å². The number of unbranched alkanes of at least 4 members (excludes halogenated alkanes) is 1. The van der Waals surface area contributed by atoms with E-state index in [1.807, 2.05) is 0 Å². The summed E-state index contributed by atoms with van der Waals surface area (Å²) in [5.41, 5.74) is 0.981. The van der Waals surface area contributed by atoms with Gasteiger partial charge in [-0.2, -0.15) is 0 Å². The van der Waals surface area contributed by atoms with E-state index in [-0.39, 0.29) is 5.82 Å². The summed E-state index contributed by atoms with van der Waals surface area (Å²) in [6.45, 7) is 5.31. The van der Waals surface area contributed by atoms with Crippen molar-refractivity contribution >= 4 is 0 Å². The summed E-state index contributed by atoms with van der Waals surface area (Å²) < 4.78 is 13.6. The van der Waals surface area contributed by atoms with Crippen LogP contribution in [-0.4, -0.2) is 5.11 Å². The van der Waals surface area contributed by atoms with Crippen molar-refractivity contribution in [2.24, 2.45) is 0 Å². The molecule has 0 amide bonds. The van der Waals surface area contributed by atoms with E-state index >= 15 is 0 Å². The molecule has 0 fully saturated rings. The highest BCUT2D eigenvalue weighted by Crippen LogP contribution is 2.23. The van der Waals surface area contributed by atoms with Crippen LogP contribution in [0.15, 0.2) is 30.9 Å². The standard InChI is InChI=1S/C13H17FO/c1-3-4-5-9-12(15)11-8-6-7-10(2)13(11)14/h3,6-8,12,15H,1,4-5,9H2,2H3. The zero-order valence-electron chi connectivity index (χ0n) is 9.04. The van der Waals surface area contributed by atoms with Gasteiger partial charge in [0.25, 0.3) is 0 Å². The van der Waals surface area contributed by atoms with Gasteiger partial charge in [-0.25, -0.2) is 4.39 Å². The molecule has 0 aliphatic heterocycles. The predicted octanol–water partition coefficient (Wildman–Crippen LogP) is 3.52. The minimum atomic E-state index is -0.704. The van der Waals surface area contributed by atoms with Crippen LogP contribution in [0.2, 0.25) is 0 Å². The highest BCUT2D eigenvalue weighted by atomic mass is 19.1. The third kappa shape index (κ3) is 3.17. The average molecular weight is 208 g/mol. The largest absolute Gasteiger partial charge is 0.388 e. The van der Waals surface area contributed by atoms with Crippen LogP contribution < -0.4 is 0 Å². The van der Waals surface area contributed by atoms with Crippen molar-refractivity contribution in [3.63, 3.8) is 0 Å². The van der Waals surface area contributed by atoms with E-state index in [9.17, 15) is 9.50 Å². The molecule has 82 valence electrons. The Hall–Kier alpha value is -1.15. The van der Waals surface area contributed by atoms with Crippen molar-refractivity contribution in [1.29, 1.82) is 0 Å².